The summed E-state index contributed by atoms with van der Waals surface area (Å²) in [6.45, 7) is 0. The van der Waals surface area contributed by atoms with Crippen molar-refractivity contribution >= 4 is 55.6 Å². The molecule has 6 heteroatoms. The van der Waals surface area contributed by atoms with Gasteiger partial charge in [-0.05, 0) is 30.0 Å². The molecule has 2 aliphatic rings. The highest BCUT2D eigenvalue weighted by atomic mass is 79.9. The third-order valence-electron chi connectivity index (χ3n) is 2.23. The van der Waals surface area contributed by atoms with E-state index in [4.69, 9.17) is 11.6 Å². The molecular weight excluding hydrogens is 310 g/mol. The van der Waals surface area contributed by atoms with Gasteiger partial charge in [-0.25, -0.2) is 0 Å². The summed E-state index contributed by atoms with van der Waals surface area (Å²) in [5.41, 5.74) is 0.937. The minimum atomic E-state index is -0.00458. The Kier molecular flexibility index (Phi) is 2.61. The van der Waals surface area contributed by atoms with Crippen molar-refractivity contribution in [3.63, 3.8) is 0 Å². The summed E-state index contributed by atoms with van der Waals surface area (Å²) in [4.78, 5) is 4.52. The molecule has 3 nitrogen and oxygen atoms in total. The highest BCUT2D eigenvalue weighted by Crippen LogP contribution is 2.32. The minimum Gasteiger partial charge on any atom is -0.261 e. The van der Waals surface area contributed by atoms with Crippen LogP contribution in [0.5, 0.6) is 0 Å². The molecule has 1 atom stereocenters. The summed E-state index contributed by atoms with van der Waals surface area (Å²) in [5, 5.41) is 10.4. The average Bonchev–Trinajstić information content (AvgIpc) is 2.81. The van der Waals surface area contributed by atoms with Gasteiger partial charge in [-0.2, -0.15) is 5.10 Å². The van der Waals surface area contributed by atoms with Crippen LogP contribution in [0.15, 0.2) is 37.9 Å². The second-order valence-corrected chi connectivity index (χ2v) is 5.64. The molecule has 80 valence electrons. The van der Waals surface area contributed by atoms with Crippen molar-refractivity contribution in [2.45, 2.75) is 6.04 Å². The monoisotopic (exact) mass is 313 g/mol. The Bertz CT molecular complexity index is 553. The number of rotatable bonds is 1. The van der Waals surface area contributed by atoms with E-state index in [2.05, 4.69) is 31.1 Å². The van der Waals surface area contributed by atoms with Crippen LogP contribution in [-0.2, 0) is 0 Å². The van der Waals surface area contributed by atoms with Crippen LogP contribution >= 0.6 is 39.3 Å². The zero-order chi connectivity index (χ0) is 11.1. The standard InChI is InChI=1S/C10H5BrClN3S/c11-5-1-2-7(12)6(3-5)9-14-8-4-13-15-10(8)16-9/h1-4,8H/t8-/m0/s1. The first kappa shape index (κ1) is 10.5. The van der Waals surface area contributed by atoms with Crippen LogP contribution < -0.4 is 0 Å². The number of halogens is 2. The van der Waals surface area contributed by atoms with Crippen LogP contribution in [0.2, 0.25) is 5.02 Å². The van der Waals surface area contributed by atoms with Gasteiger partial charge in [0.2, 0.25) is 0 Å². The van der Waals surface area contributed by atoms with Gasteiger partial charge in [-0.3, -0.25) is 4.99 Å². The van der Waals surface area contributed by atoms with Crippen molar-refractivity contribution in [2.75, 3.05) is 0 Å². The number of benzene rings is 1. The lowest BCUT2D eigenvalue weighted by molar-refractivity contribution is 1.22. The van der Waals surface area contributed by atoms with E-state index >= 15 is 0 Å². The largest absolute Gasteiger partial charge is 0.261 e. The average molecular weight is 315 g/mol. The third-order valence-corrected chi connectivity index (χ3v) is 4.11. The van der Waals surface area contributed by atoms with Crippen LogP contribution in [0.25, 0.3) is 0 Å². The van der Waals surface area contributed by atoms with Gasteiger partial charge in [0.15, 0.2) is 0 Å². The van der Waals surface area contributed by atoms with Gasteiger partial charge in [0.05, 0.1) is 11.2 Å². The molecule has 0 fully saturated rings. The Balaban J connectivity index is 2.03. The second kappa shape index (κ2) is 3.98. The maximum absolute atomic E-state index is 6.14. The number of nitrogens with zero attached hydrogens (tertiary/aromatic N) is 3. The van der Waals surface area contributed by atoms with Crippen molar-refractivity contribution < 1.29 is 0 Å². The van der Waals surface area contributed by atoms with Gasteiger partial charge >= 0.3 is 0 Å². The molecule has 3 rings (SSSR count). The Morgan fingerprint density at radius 1 is 1.38 bits per heavy atom. The molecule has 0 aliphatic carbocycles. The second-order valence-electron chi connectivity index (χ2n) is 3.31. The topological polar surface area (TPSA) is 37.1 Å². The molecule has 0 N–H and O–H groups in total. The van der Waals surface area contributed by atoms with E-state index in [1.807, 2.05) is 18.2 Å². The summed E-state index contributed by atoms with van der Waals surface area (Å²) in [6.07, 6.45) is 1.74. The highest BCUT2D eigenvalue weighted by molar-refractivity contribution is 9.10. The van der Waals surface area contributed by atoms with Crippen LogP contribution in [0.4, 0.5) is 0 Å². The zero-order valence-electron chi connectivity index (χ0n) is 7.89. The van der Waals surface area contributed by atoms with E-state index in [1.54, 1.807) is 6.21 Å². The molecule has 0 aromatic heterocycles. The van der Waals surface area contributed by atoms with Crippen LogP contribution in [0.1, 0.15) is 5.56 Å². The number of hydrogen-bond donors (Lipinski definition) is 0. The molecule has 0 saturated carbocycles. The van der Waals surface area contributed by atoms with E-state index in [9.17, 15) is 0 Å². The van der Waals surface area contributed by atoms with E-state index in [-0.39, 0.29) is 6.04 Å². The number of thioether (sulfide) groups is 1. The first-order chi connectivity index (χ1) is 7.74. The van der Waals surface area contributed by atoms with Crippen molar-refractivity contribution in [2.24, 2.45) is 15.2 Å². The summed E-state index contributed by atoms with van der Waals surface area (Å²) in [6, 6.07) is 5.72. The molecule has 16 heavy (non-hydrogen) atoms. The summed E-state index contributed by atoms with van der Waals surface area (Å²) in [5.74, 6) is 0. The SMILES string of the molecule is Clc1ccc(Br)cc1C1=N[C@H]2C=NN=C2S1. The molecule has 1 aromatic carbocycles. The van der Waals surface area contributed by atoms with Gasteiger partial charge in [0.1, 0.15) is 16.1 Å². The fourth-order valence-electron chi connectivity index (χ4n) is 1.48. The van der Waals surface area contributed by atoms with Gasteiger partial charge in [-0.1, -0.05) is 27.5 Å². The molecule has 0 bridgehead atoms. The Hall–Kier alpha value is -0.650. The lowest BCUT2D eigenvalue weighted by Crippen LogP contribution is -2.06. The lowest BCUT2D eigenvalue weighted by Gasteiger charge is -2.03. The molecule has 0 saturated heterocycles. The zero-order valence-corrected chi connectivity index (χ0v) is 11.1. The van der Waals surface area contributed by atoms with Crippen molar-refractivity contribution in [3.8, 4) is 0 Å². The van der Waals surface area contributed by atoms with E-state index in [1.165, 1.54) is 11.8 Å². The fraction of sp³-hybridized carbons (Fsp3) is 0.100. The first-order valence-electron chi connectivity index (χ1n) is 4.56. The highest BCUT2D eigenvalue weighted by Gasteiger charge is 2.29. The number of aliphatic imine (C=N–C) groups is 1. The summed E-state index contributed by atoms with van der Waals surface area (Å²) < 4.78 is 0.989. The predicted octanol–water partition coefficient (Wildman–Crippen LogP) is 3.36. The maximum atomic E-state index is 6.14. The van der Waals surface area contributed by atoms with Crippen molar-refractivity contribution in [1.29, 1.82) is 0 Å². The van der Waals surface area contributed by atoms with E-state index in [0.717, 1.165) is 20.1 Å². The predicted molar refractivity (Wildman–Crippen MR) is 73.0 cm³/mol. The summed E-state index contributed by atoms with van der Waals surface area (Å²) >= 11 is 11.1. The van der Waals surface area contributed by atoms with E-state index < -0.39 is 0 Å². The Morgan fingerprint density at radius 3 is 3.06 bits per heavy atom. The molecular formula is C10H5BrClN3S. The number of fused-ring (bicyclic) bond motifs is 1. The molecule has 1 aromatic rings. The molecule has 0 amide bonds. The smallest absolute Gasteiger partial charge is 0.138 e. The van der Waals surface area contributed by atoms with Crippen LogP contribution in [0, 0.1) is 0 Å². The van der Waals surface area contributed by atoms with Gasteiger partial charge in [0, 0.05) is 10.0 Å². The molecule has 0 radical (unpaired) electrons. The van der Waals surface area contributed by atoms with Gasteiger partial charge < -0.3 is 0 Å². The normalized spacial score (nSPS) is 22.0. The molecule has 2 aliphatic heterocycles. The Morgan fingerprint density at radius 2 is 2.25 bits per heavy atom. The van der Waals surface area contributed by atoms with Crippen LogP contribution in [-0.4, -0.2) is 22.3 Å². The quantitative estimate of drug-likeness (QED) is 0.783. The van der Waals surface area contributed by atoms with Crippen molar-refractivity contribution in [3.05, 3.63) is 33.3 Å². The van der Waals surface area contributed by atoms with Gasteiger partial charge in [0.25, 0.3) is 0 Å². The van der Waals surface area contributed by atoms with Crippen molar-refractivity contribution in [1.82, 2.24) is 0 Å². The number of hydrogen-bond acceptors (Lipinski definition) is 4. The third kappa shape index (κ3) is 1.73. The fourth-order valence-corrected chi connectivity index (χ4v) is 3.07. The van der Waals surface area contributed by atoms with E-state index in [0.29, 0.717) is 5.02 Å². The minimum absolute atomic E-state index is 0.00458. The van der Waals surface area contributed by atoms with Crippen LogP contribution in [0.3, 0.4) is 0 Å². The lowest BCUT2D eigenvalue weighted by atomic mass is 10.2. The maximum Gasteiger partial charge on any atom is 0.138 e. The van der Waals surface area contributed by atoms with Gasteiger partial charge in [-0.15, -0.1) is 5.10 Å². The molecule has 0 spiro atoms. The Labute approximate surface area is 110 Å². The molecule has 2 heterocycles. The summed E-state index contributed by atoms with van der Waals surface area (Å²) in [7, 11) is 0. The molecule has 0 unspecified atom stereocenters. The first-order valence-corrected chi connectivity index (χ1v) is 6.55.